The number of primary amides is 1. The van der Waals surface area contributed by atoms with Crippen molar-refractivity contribution in [2.75, 3.05) is 35.5 Å². The molecule has 1 aliphatic heterocycles. The summed E-state index contributed by atoms with van der Waals surface area (Å²) >= 11 is 5.13. The predicted molar refractivity (Wildman–Crippen MR) is 130 cm³/mol. The van der Waals surface area contributed by atoms with Gasteiger partial charge in [-0.3, -0.25) is 9.59 Å². The molecule has 3 N–H and O–H groups in total. The van der Waals surface area contributed by atoms with E-state index < -0.39 is 5.91 Å². The molecule has 1 atom stereocenters. The summed E-state index contributed by atoms with van der Waals surface area (Å²) in [5.41, 5.74) is 7.72. The highest BCUT2D eigenvalue weighted by Gasteiger charge is 2.31. The molecule has 0 unspecified atom stereocenters. The summed E-state index contributed by atoms with van der Waals surface area (Å²) in [5, 5.41) is 3.43. The molecule has 160 valence electrons. The molecule has 0 fully saturated rings. The van der Waals surface area contributed by atoms with Crippen LogP contribution in [0.1, 0.15) is 22.3 Å². The first kappa shape index (κ1) is 23.1. The van der Waals surface area contributed by atoms with Crippen molar-refractivity contribution in [1.82, 2.24) is 5.32 Å². The number of benzene rings is 2. The quantitative estimate of drug-likeness (QED) is 0.436. The van der Waals surface area contributed by atoms with Crippen LogP contribution in [-0.4, -0.2) is 48.4 Å². The van der Waals surface area contributed by atoms with Gasteiger partial charge in [-0.2, -0.15) is 11.8 Å². The monoisotopic (exact) mass is 461 g/mol. The maximum atomic E-state index is 13.5. The van der Waals surface area contributed by atoms with Crippen molar-refractivity contribution >= 4 is 52.8 Å². The van der Waals surface area contributed by atoms with Gasteiger partial charge < -0.3 is 16.0 Å². The lowest BCUT2D eigenvalue weighted by Gasteiger charge is -2.26. The van der Waals surface area contributed by atoms with Gasteiger partial charge in [0, 0.05) is 21.1 Å². The number of carbonyl (C=O) groups is 2. The molecule has 2 amide bonds. The van der Waals surface area contributed by atoms with Gasteiger partial charge in [0.1, 0.15) is 0 Å². The van der Waals surface area contributed by atoms with E-state index in [-0.39, 0.29) is 11.9 Å². The van der Waals surface area contributed by atoms with Crippen molar-refractivity contribution in [3.05, 3.63) is 53.6 Å². The molecule has 0 saturated heterocycles. The molecule has 0 radical (unpaired) electrons. The highest BCUT2D eigenvalue weighted by molar-refractivity contribution is 7.99. The Kier molecular flexibility index (Phi) is 8.56. The third-order valence-corrected chi connectivity index (χ3v) is 7.52. The summed E-state index contributed by atoms with van der Waals surface area (Å²) in [7, 11) is 0. The van der Waals surface area contributed by atoms with Crippen LogP contribution in [0.4, 0.5) is 5.69 Å². The van der Waals surface area contributed by atoms with E-state index in [2.05, 4.69) is 35.8 Å². The summed E-state index contributed by atoms with van der Waals surface area (Å²) in [6.07, 6.45) is 5.15. The molecule has 0 aromatic heterocycles. The number of nitrogens with two attached hydrogens (primary N) is 1. The summed E-state index contributed by atoms with van der Waals surface area (Å²) in [6, 6.07) is 13.3. The molecule has 1 aliphatic rings. The van der Waals surface area contributed by atoms with Gasteiger partial charge in [0.15, 0.2) is 0 Å². The number of thioether (sulfide) groups is 3. The number of carbonyl (C=O) groups excluding carboxylic acids is 2. The number of nitrogens with zero attached hydrogens (tertiary/aromatic N) is 1. The van der Waals surface area contributed by atoms with Gasteiger partial charge in [-0.05, 0) is 67.1 Å². The van der Waals surface area contributed by atoms with Crippen LogP contribution in [0, 0.1) is 0 Å². The molecule has 2 aromatic rings. The van der Waals surface area contributed by atoms with E-state index in [0.29, 0.717) is 17.9 Å². The van der Waals surface area contributed by atoms with Crippen molar-refractivity contribution in [3.8, 4) is 0 Å². The normalized spacial score (nSPS) is 16.3. The first-order valence-corrected chi connectivity index (χ1v) is 13.4. The zero-order chi connectivity index (χ0) is 21.5. The van der Waals surface area contributed by atoms with Crippen LogP contribution in [-0.2, 0) is 11.3 Å². The average molecular weight is 462 g/mol. The molecule has 1 heterocycles. The molecule has 5 nitrogen and oxygen atoms in total. The van der Waals surface area contributed by atoms with Gasteiger partial charge in [-0.1, -0.05) is 12.1 Å². The molecule has 0 aliphatic carbocycles. The first-order valence-electron chi connectivity index (χ1n) is 9.76. The van der Waals surface area contributed by atoms with E-state index in [1.54, 1.807) is 52.3 Å². The zero-order valence-corrected chi connectivity index (χ0v) is 19.7. The van der Waals surface area contributed by atoms with E-state index in [0.717, 1.165) is 34.9 Å². The molecule has 3 rings (SSSR count). The first-order chi connectivity index (χ1) is 14.5. The van der Waals surface area contributed by atoms with Crippen LogP contribution in [0.5, 0.6) is 0 Å². The molecule has 0 saturated carbocycles. The van der Waals surface area contributed by atoms with Crippen molar-refractivity contribution in [1.29, 1.82) is 0 Å². The number of anilines is 1. The number of rotatable bonds is 9. The van der Waals surface area contributed by atoms with Crippen molar-refractivity contribution in [2.45, 2.75) is 28.8 Å². The number of fused-ring (bicyclic) bond motifs is 1. The summed E-state index contributed by atoms with van der Waals surface area (Å²) < 4.78 is 0. The average Bonchev–Trinajstić information content (AvgIpc) is 2.88. The minimum atomic E-state index is -0.490. The van der Waals surface area contributed by atoms with E-state index in [1.807, 2.05) is 12.3 Å². The molecular formula is C22H27N3O2S3. The van der Waals surface area contributed by atoms with Crippen LogP contribution in [0.3, 0.4) is 0 Å². The minimum absolute atomic E-state index is 0.0287. The van der Waals surface area contributed by atoms with E-state index in [9.17, 15) is 9.59 Å². The second kappa shape index (κ2) is 11.1. The fourth-order valence-corrected chi connectivity index (χ4v) is 5.20. The molecule has 0 spiro atoms. The Morgan fingerprint density at radius 2 is 2.00 bits per heavy atom. The lowest BCUT2D eigenvalue weighted by molar-refractivity contribution is -0.120. The van der Waals surface area contributed by atoms with Crippen LogP contribution >= 0.6 is 35.3 Å². The van der Waals surface area contributed by atoms with Crippen LogP contribution < -0.4 is 16.0 Å². The van der Waals surface area contributed by atoms with E-state index >= 15 is 0 Å². The van der Waals surface area contributed by atoms with Gasteiger partial charge in [-0.25, -0.2) is 0 Å². The number of hydrogen-bond acceptors (Lipinski definition) is 6. The lowest BCUT2D eigenvalue weighted by Crippen LogP contribution is -2.47. The molecular weight excluding hydrogens is 434 g/mol. The van der Waals surface area contributed by atoms with Gasteiger partial charge in [0.05, 0.1) is 18.3 Å². The van der Waals surface area contributed by atoms with Gasteiger partial charge in [0.2, 0.25) is 11.8 Å². The fraction of sp³-hybridized carbons (Fsp3) is 0.364. The second-order valence-corrected chi connectivity index (χ2v) is 9.91. The maximum absolute atomic E-state index is 13.5. The Morgan fingerprint density at radius 3 is 2.67 bits per heavy atom. The number of hydrogen-bond donors (Lipinski definition) is 2. The van der Waals surface area contributed by atoms with Gasteiger partial charge in [0.25, 0.3) is 0 Å². The Morgan fingerprint density at radius 1 is 1.23 bits per heavy atom. The standard InChI is InChI=1S/C22H27N3O2S3/c1-28-11-3-10-24-18-14-30-20-9-6-16(21(23)26)12-19(20)25(22(18)27)13-15-4-7-17(29-2)8-5-15/h4-9,12,18,24H,3,10-11,13-14H2,1-2H3,(H2,23,26)/t18-/m1/s1. The van der Waals surface area contributed by atoms with Crippen molar-refractivity contribution in [3.63, 3.8) is 0 Å². The molecule has 8 heteroatoms. The SMILES string of the molecule is CSCCCN[C@@H]1CSc2ccc(C(N)=O)cc2N(Cc2ccc(SC)cc2)C1=O. The smallest absolute Gasteiger partial charge is 0.248 e. The lowest BCUT2D eigenvalue weighted by atomic mass is 10.1. The largest absolute Gasteiger partial charge is 0.366 e. The van der Waals surface area contributed by atoms with E-state index in [4.69, 9.17) is 5.73 Å². The van der Waals surface area contributed by atoms with Gasteiger partial charge in [-0.15, -0.1) is 23.5 Å². The third-order valence-electron chi connectivity index (χ3n) is 4.92. The Balaban J connectivity index is 1.90. The van der Waals surface area contributed by atoms with E-state index in [1.165, 1.54) is 4.90 Å². The molecule has 30 heavy (non-hydrogen) atoms. The Bertz CT molecular complexity index is 890. The molecule has 2 aromatic carbocycles. The topological polar surface area (TPSA) is 75.4 Å². The molecule has 0 bridgehead atoms. The van der Waals surface area contributed by atoms with Gasteiger partial charge >= 0.3 is 0 Å². The maximum Gasteiger partial charge on any atom is 0.248 e. The fourth-order valence-electron chi connectivity index (χ4n) is 3.27. The predicted octanol–water partition coefficient (Wildman–Crippen LogP) is 3.86. The van der Waals surface area contributed by atoms with Crippen LogP contribution in [0.25, 0.3) is 0 Å². The minimum Gasteiger partial charge on any atom is -0.366 e. The van der Waals surface area contributed by atoms with Crippen molar-refractivity contribution in [2.24, 2.45) is 5.73 Å². The highest BCUT2D eigenvalue weighted by Crippen LogP contribution is 2.36. The zero-order valence-electron chi connectivity index (χ0n) is 17.2. The third kappa shape index (κ3) is 5.75. The second-order valence-electron chi connectivity index (χ2n) is 6.98. The number of nitrogens with one attached hydrogen (secondary N) is 1. The highest BCUT2D eigenvalue weighted by atomic mass is 32.2. The Hall–Kier alpha value is -1.61. The van der Waals surface area contributed by atoms with Crippen molar-refractivity contribution < 1.29 is 9.59 Å². The van der Waals surface area contributed by atoms with Crippen LogP contribution in [0.2, 0.25) is 0 Å². The summed E-state index contributed by atoms with van der Waals surface area (Å²) in [5.74, 6) is 1.26. The van der Waals surface area contributed by atoms with Crippen LogP contribution in [0.15, 0.2) is 52.3 Å². The summed E-state index contributed by atoms with van der Waals surface area (Å²) in [4.78, 5) is 29.2. The Labute approximate surface area is 190 Å². The summed E-state index contributed by atoms with van der Waals surface area (Å²) in [6.45, 7) is 1.25. The number of amides is 2.